The van der Waals surface area contributed by atoms with E-state index >= 15 is 0 Å². The van der Waals surface area contributed by atoms with Gasteiger partial charge in [0.15, 0.2) is 0 Å². The minimum atomic E-state index is -0.234. The number of esters is 1. The van der Waals surface area contributed by atoms with E-state index in [2.05, 4.69) is 12.1 Å². The van der Waals surface area contributed by atoms with Crippen LogP contribution in [0, 0.1) is 11.7 Å². The van der Waals surface area contributed by atoms with Crippen LogP contribution in [0.15, 0.2) is 48.5 Å². The maximum atomic E-state index is 12.9. The van der Waals surface area contributed by atoms with Gasteiger partial charge in [-0.2, -0.15) is 0 Å². The average molecular weight is 387 g/mol. The van der Waals surface area contributed by atoms with Crippen LogP contribution in [0.5, 0.6) is 5.75 Å². The van der Waals surface area contributed by atoms with Crippen molar-refractivity contribution in [2.45, 2.75) is 58.5 Å². The third kappa shape index (κ3) is 7.71. The van der Waals surface area contributed by atoms with E-state index in [0.717, 1.165) is 49.8 Å². The van der Waals surface area contributed by atoms with Crippen LogP contribution < -0.4 is 4.74 Å². The van der Waals surface area contributed by atoms with E-state index in [1.54, 1.807) is 12.1 Å². The lowest BCUT2D eigenvalue weighted by Gasteiger charge is -2.11. The van der Waals surface area contributed by atoms with Gasteiger partial charge in [0.05, 0.1) is 13.0 Å². The zero-order valence-electron chi connectivity index (χ0n) is 17.0. The van der Waals surface area contributed by atoms with E-state index in [1.807, 2.05) is 19.1 Å². The summed E-state index contributed by atoms with van der Waals surface area (Å²) in [6, 6.07) is 14.5. The highest BCUT2D eigenvalue weighted by atomic mass is 19.1. The molecule has 28 heavy (non-hydrogen) atoms. The first-order valence-corrected chi connectivity index (χ1v) is 10.2. The molecule has 2 aromatic rings. The molecule has 0 spiro atoms. The molecule has 0 aliphatic carbocycles. The molecule has 0 radical (unpaired) electrons. The van der Waals surface area contributed by atoms with Gasteiger partial charge in [-0.3, -0.25) is 4.79 Å². The van der Waals surface area contributed by atoms with E-state index in [4.69, 9.17) is 9.47 Å². The maximum Gasteiger partial charge on any atom is 0.308 e. The number of carbonyl (C=O) groups is 1. The molecule has 0 amide bonds. The molecule has 4 heteroatoms. The largest absolute Gasteiger partial charge is 0.489 e. The lowest BCUT2D eigenvalue weighted by Crippen LogP contribution is -2.15. The van der Waals surface area contributed by atoms with Crippen molar-refractivity contribution < 1.29 is 18.7 Å². The standard InChI is InChI=1S/C24H31FO3/c1-3-21(24(26)27-2)9-7-5-4-6-8-19-12-16-23(17-13-19)28-18-20-10-14-22(25)15-11-20/h10-17,21H,3-9,18H2,1-2H3. The summed E-state index contributed by atoms with van der Waals surface area (Å²) in [4.78, 5) is 11.6. The molecule has 0 bridgehead atoms. The highest BCUT2D eigenvalue weighted by Crippen LogP contribution is 2.18. The van der Waals surface area contributed by atoms with Crippen molar-refractivity contribution in [2.75, 3.05) is 7.11 Å². The van der Waals surface area contributed by atoms with Gasteiger partial charge >= 0.3 is 5.97 Å². The maximum absolute atomic E-state index is 12.9. The Hall–Kier alpha value is -2.36. The molecule has 0 N–H and O–H groups in total. The summed E-state index contributed by atoms with van der Waals surface area (Å²) in [6.07, 6.45) is 7.35. The van der Waals surface area contributed by atoms with Crippen LogP contribution in [-0.4, -0.2) is 13.1 Å². The highest BCUT2D eigenvalue weighted by molar-refractivity contribution is 5.72. The van der Waals surface area contributed by atoms with Crippen molar-refractivity contribution in [3.63, 3.8) is 0 Å². The molecule has 3 nitrogen and oxygen atoms in total. The van der Waals surface area contributed by atoms with Crippen LogP contribution in [0.3, 0.4) is 0 Å². The predicted octanol–water partition coefficient (Wildman–Crippen LogP) is 6.10. The van der Waals surface area contributed by atoms with Crippen molar-refractivity contribution in [1.82, 2.24) is 0 Å². The van der Waals surface area contributed by atoms with E-state index in [-0.39, 0.29) is 17.7 Å². The van der Waals surface area contributed by atoms with Gasteiger partial charge in [0, 0.05) is 0 Å². The Balaban J connectivity index is 1.62. The summed E-state index contributed by atoms with van der Waals surface area (Å²) in [6.45, 7) is 2.47. The number of methoxy groups -OCH3 is 1. The number of carbonyl (C=O) groups excluding carboxylic acids is 1. The summed E-state index contributed by atoms with van der Waals surface area (Å²) in [5.41, 5.74) is 2.25. The predicted molar refractivity (Wildman–Crippen MR) is 110 cm³/mol. The molecular weight excluding hydrogens is 355 g/mol. The smallest absolute Gasteiger partial charge is 0.308 e. The van der Waals surface area contributed by atoms with Gasteiger partial charge in [-0.1, -0.05) is 50.5 Å². The topological polar surface area (TPSA) is 35.5 Å². The Kier molecular flexibility index (Phi) is 9.53. The van der Waals surface area contributed by atoms with Crippen LogP contribution in [0.1, 0.15) is 56.6 Å². The second kappa shape index (κ2) is 12.2. The lowest BCUT2D eigenvalue weighted by atomic mass is 9.97. The van der Waals surface area contributed by atoms with Gasteiger partial charge in [-0.25, -0.2) is 4.39 Å². The van der Waals surface area contributed by atoms with Crippen molar-refractivity contribution in [1.29, 1.82) is 0 Å². The summed E-state index contributed by atoms with van der Waals surface area (Å²) in [5.74, 6) is 0.555. The van der Waals surface area contributed by atoms with Gasteiger partial charge in [0.2, 0.25) is 0 Å². The molecule has 152 valence electrons. The first-order chi connectivity index (χ1) is 13.6. The summed E-state index contributed by atoms with van der Waals surface area (Å²) < 4.78 is 23.5. The summed E-state index contributed by atoms with van der Waals surface area (Å²) in [5, 5.41) is 0. The van der Waals surface area contributed by atoms with Crippen molar-refractivity contribution in [2.24, 2.45) is 5.92 Å². The number of benzene rings is 2. The minimum Gasteiger partial charge on any atom is -0.489 e. The quantitative estimate of drug-likeness (QED) is 0.327. The molecule has 0 aliphatic heterocycles. The van der Waals surface area contributed by atoms with Crippen LogP contribution in [0.4, 0.5) is 4.39 Å². The zero-order chi connectivity index (χ0) is 20.2. The van der Waals surface area contributed by atoms with Gasteiger partial charge in [0.1, 0.15) is 18.2 Å². The van der Waals surface area contributed by atoms with Crippen LogP contribution in [0.25, 0.3) is 0 Å². The summed E-state index contributed by atoms with van der Waals surface area (Å²) in [7, 11) is 1.46. The Bertz CT molecular complexity index is 695. The van der Waals surface area contributed by atoms with Gasteiger partial charge in [-0.15, -0.1) is 0 Å². The molecule has 0 fully saturated rings. The van der Waals surface area contributed by atoms with Crippen LogP contribution >= 0.6 is 0 Å². The Labute approximate surface area is 167 Å². The van der Waals surface area contributed by atoms with Crippen LogP contribution in [0.2, 0.25) is 0 Å². The molecule has 0 aliphatic rings. The van der Waals surface area contributed by atoms with Gasteiger partial charge < -0.3 is 9.47 Å². The second-order valence-corrected chi connectivity index (χ2v) is 7.14. The Morgan fingerprint density at radius 3 is 2.21 bits per heavy atom. The Morgan fingerprint density at radius 1 is 0.929 bits per heavy atom. The minimum absolute atomic E-state index is 0.0486. The SMILES string of the molecule is CCC(CCCCCCc1ccc(OCc2ccc(F)cc2)cc1)C(=O)OC. The summed E-state index contributed by atoms with van der Waals surface area (Å²) >= 11 is 0. The van der Waals surface area contributed by atoms with Crippen LogP contribution in [-0.2, 0) is 22.6 Å². The molecule has 1 atom stereocenters. The fourth-order valence-corrected chi connectivity index (χ4v) is 3.23. The number of halogens is 1. The highest BCUT2D eigenvalue weighted by Gasteiger charge is 2.15. The van der Waals surface area contributed by atoms with Gasteiger partial charge in [-0.05, 0) is 61.1 Å². The molecule has 0 heterocycles. The molecule has 2 aromatic carbocycles. The lowest BCUT2D eigenvalue weighted by molar-refractivity contribution is -0.145. The van der Waals surface area contributed by atoms with E-state index in [9.17, 15) is 9.18 Å². The molecule has 0 saturated carbocycles. The third-order valence-corrected chi connectivity index (χ3v) is 5.04. The monoisotopic (exact) mass is 386 g/mol. The van der Waals surface area contributed by atoms with Gasteiger partial charge in [0.25, 0.3) is 0 Å². The normalized spacial score (nSPS) is 11.8. The average Bonchev–Trinajstić information content (AvgIpc) is 2.73. The number of hydrogen-bond donors (Lipinski definition) is 0. The number of rotatable bonds is 12. The van der Waals surface area contributed by atoms with Crippen molar-refractivity contribution >= 4 is 5.97 Å². The third-order valence-electron chi connectivity index (χ3n) is 5.04. The second-order valence-electron chi connectivity index (χ2n) is 7.14. The number of unbranched alkanes of at least 4 members (excludes halogenated alkanes) is 3. The molecule has 1 unspecified atom stereocenters. The molecule has 0 aromatic heterocycles. The van der Waals surface area contributed by atoms with E-state index < -0.39 is 0 Å². The molecule has 2 rings (SSSR count). The van der Waals surface area contributed by atoms with Crippen molar-refractivity contribution in [3.05, 3.63) is 65.5 Å². The van der Waals surface area contributed by atoms with E-state index in [1.165, 1.54) is 31.2 Å². The molecular formula is C24H31FO3. The first kappa shape index (κ1) is 21.9. The number of hydrogen-bond acceptors (Lipinski definition) is 3. The first-order valence-electron chi connectivity index (χ1n) is 10.2. The van der Waals surface area contributed by atoms with Crippen molar-refractivity contribution in [3.8, 4) is 5.75 Å². The van der Waals surface area contributed by atoms with E-state index in [0.29, 0.717) is 6.61 Å². The number of aryl methyl sites for hydroxylation is 1. The Morgan fingerprint density at radius 2 is 1.57 bits per heavy atom. The molecule has 0 saturated heterocycles. The zero-order valence-corrected chi connectivity index (χ0v) is 17.0. The fourth-order valence-electron chi connectivity index (χ4n) is 3.23. The fraction of sp³-hybridized carbons (Fsp3) is 0.458. The number of ether oxygens (including phenoxy) is 2.